The molecule has 7 heteroatoms. The number of hydrogen-bond acceptors (Lipinski definition) is 6. The standard InChI is InChI=1S/C13H14N6S/c14-12-11(9-4-2-1-3-5-9)13(20-19-12)15-7-6-10-16-8-17-18-10/h1-5,8,15H,6-7H2,(H2,14,19)(H,16,17,18). The minimum absolute atomic E-state index is 0.559. The van der Waals surface area contributed by atoms with Crippen molar-refractivity contribution in [3.63, 3.8) is 0 Å². The van der Waals surface area contributed by atoms with E-state index < -0.39 is 0 Å². The Bertz CT molecular complexity index is 661. The highest BCUT2D eigenvalue weighted by Gasteiger charge is 2.13. The van der Waals surface area contributed by atoms with Crippen LogP contribution >= 0.6 is 11.5 Å². The number of H-pyrrole nitrogens is 1. The van der Waals surface area contributed by atoms with Gasteiger partial charge in [0.05, 0.1) is 5.56 Å². The Hall–Kier alpha value is -2.41. The number of anilines is 2. The molecular formula is C13H14N6S. The molecule has 3 aromatic rings. The SMILES string of the molecule is Nc1nsc(NCCc2ncn[nH]2)c1-c1ccccc1. The van der Waals surface area contributed by atoms with Gasteiger partial charge in [0.15, 0.2) is 0 Å². The molecule has 0 unspecified atom stereocenters. The first-order valence-electron chi connectivity index (χ1n) is 6.23. The summed E-state index contributed by atoms with van der Waals surface area (Å²) in [6, 6.07) is 10.0. The maximum Gasteiger partial charge on any atom is 0.147 e. The summed E-state index contributed by atoms with van der Waals surface area (Å²) in [4.78, 5) is 4.09. The predicted octanol–water partition coefficient (Wildman–Crippen LogP) is 2.17. The van der Waals surface area contributed by atoms with Crippen LogP contribution in [0.5, 0.6) is 0 Å². The first-order valence-corrected chi connectivity index (χ1v) is 7.00. The summed E-state index contributed by atoms with van der Waals surface area (Å²) in [6.45, 7) is 0.747. The van der Waals surface area contributed by atoms with E-state index in [9.17, 15) is 0 Å². The van der Waals surface area contributed by atoms with Crippen molar-refractivity contribution in [1.29, 1.82) is 0 Å². The fraction of sp³-hybridized carbons (Fsp3) is 0.154. The van der Waals surface area contributed by atoms with Crippen molar-refractivity contribution < 1.29 is 0 Å². The lowest BCUT2D eigenvalue weighted by Gasteiger charge is -2.06. The average molecular weight is 286 g/mol. The zero-order chi connectivity index (χ0) is 13.8. The van der Waals surface area contributed by atoms with Crippen LogP contribution in [0.3, 0.4) is 0 Å². The zero-order valence-electron chi connectivity index (χ0n) is 10.7. The molecule has 0 bridgehead atoms. The van der Waals surface area contributed by atoms with E-state index in [1.807, 2.05) is 30.3 Å². The third-order valence-corrected chi connectivity index (χ3v) is 3.71. The van der Waals surface area contributed by atoms with Crippen LogP contribution < -0.4 is 11.1 Å². The van der Waals surface area contributed by atoms with Crippen LogP contribution in [0.4, 0.5) is 10.8 Å². The van der Waals surface area contributed by atoms with Gasteiger partial charge in [-0.3, -0.25) is 5.10 Å². The molecule has 0 atom stereocenters. The third-order valence-electron chi connectivity index (χ3n) is 2.89. The number of nitrogen functional groups attached to an aromatic ring is 1. The van der Waals surface area contributed by atoms with Crippen LogP contribution in [-0.2, 0) is 6.42 Å². The summed E-state index contributed by atoms with van der Waals surface area (Å²) in [7, 11) is 0. The number of benzene rings is 1. The maximum absolute atomic E-state index is 5.97. The summed E-state index contributed by atoms with van der Waals surface area (Å²) in [5.74, 6) is 1.42. The molecule has 0 fully saturated rings. The van der Waals surface area contributed by atoms with E-state index in [0.717, 1.165) is 34.9 Å². The normalized spacial score (nSPS) is 10.6. The van der Waals surface area contributed by atoms with Gasteiger partial charge in [0.1, 0.15) is 23.0 Å². The summed E-state index contributed by atoms with van der Waals surface area (Å²) >= 11 is 1.38. The molecule has 0 saturated heterocycles. The van der Waals surface area contributed by atoms with Crippen molar-refractivity contribution >= 4 is 22.4 Å². The molecule has 0 aliphatic heterocycles. The van der Waals surface area contributed by atoms with Crippen molar-refractivity contribution in [3.05, 3.63) is 42.5 Å². The lowest BCUT2D eigenvalue weighted by Crippen LogP contribution is -2.05. The summed E-state index contributed by atoms with van der Waals surface area (Å²) in [6.07, 6.45) is 2.28. The Morgan fingerprint density at radius 3 is 2.85 bits per heavy atom. The van der Waals surface area contributed by atoms with Crippen molar-refractivity contribution in [2.45, 2.75) is 6.42 Å². The number of nitrogens with one attached hydrogen (secondary N) is 2. The highest BCUT2D eigenvalue weighted by atomic mass is 32.1. The molecule has 2 aromatic heterocycles. The molecule has 6 nitrogen and oxygen atoms in total. The lowest BCUT2D eigenvalue weighted by molar-refractivity contribution is 0.903. The quantitative estimate of drug-likeness (QED) is 0.668. The number of hydrogen-bond donors (Lipinski definition) is 3. The van der Waals surface area contributed by atoms with Crippen LogP contribution in [0, 0.1) is 0 Å². The molecule has 0 spiro atoms. The molecule has 2 heterocycles. The Morgan fingerprint density at radius 1 is 1.25 bits per heavy atom. The van der Waals surface area contributed by atoms with Gasteiger partial charge in [0.25, 0.3) is 0 Å². The maximum atomic E-state index is 5.97. The summed E-state index contributed by atoms with van der Waals surface area (Å²) in [5, 5.41) is 11.0. The van der Waals surface area contributed by atoms with Crippen molar-refractivity contribution in [1.82, 2.24) is 19.6 Å². The molecule has 1 aromatic carbocycles. The molecule has 0 aliphatic rings. The van der Waals surface area contributed by atoms with E-state index >= 15 is 0 Å². The smallest absolute Gasteiger partial charge is 0.147 e. The number of aromatic amines is 1. The second-order valence-electron chi connectivity index (χ2n) is 4.25. The van der Waals surface area contributed by atoms with Gasteiger partial charge in [-0.1, -0.05) is 30.3 Å². The fourth-order valence-corrected chi connectivity index (χ4v) is 2.71. The predicted molar refractivity (Wildman–Crippen MR) is 80.5 cm³/mol. The largest absolute Gasteiger partial charge is 0.382 e. The topological polar surface area (TPSA) is 92.5 Å². The minimum Gasteiger partial charge on any atom is -0.382 e. The first-order chi connectivity index (χ1) is 9.84. The van der Waals surface area contributed by atoms with Crippen LogP contribution in [0.15, 0.2) is 36.7 Å². The van der Waals surface area contributed by atoms with E-state index in [-0.39, 0.29) is 0 Å². The summed E-state index contributed by atoms with van der Waals surface area (Å²) < 4.78 is 4.23. The summed E-state index contributed by atoms with van der Waals surface area (Å²) in [5.41, 5.74) is 8.01. The van der Waals surface area contributed by atoms with Gasteiger partial charge >= 0.3 is 0 Å². The van der Waals surface area contributed by atoms with Gasteiger partial charge in [0, 0.05) is 13.0 Å². The second kappa shape index (κ2) is 5.70. The Labute approximate surface area is 120 Å². The van der Waals surface area contributed by atoms with E-state index in [0.29, 0.717) is 5.82 Å². The van der Waals surface area contributed by atoms with Gasteiger partial charge < -0.3 is 11.1 Å². The molecule has 0 radical (unpaired) electrons. The molecule has 102 valence electrons. The highest BCUT2D eigenvalue weighted by molar-refractivity contribution is 7.11. The second-order valence-corrected chi connectivity index (χ2v) is 5.02. The monoisotopic (exact) mass is 286 g/mol. The van der Waals surface area contributed by atoms with Crippen molar-refractivity contribution in [2.24, 2.45) is 0 Å². The molecule has 0 aliphatic carbocycles. The van der Waals surface area contributed by atoms with E-state index in [4.69, 9.17) is 5.73 Å². The van der Waals surface area contributed by atoms with Gasteiger partial charge in [-0.25, -0.2) is 4.98 Å². The Kier molecular flexibility index (Phi) is 3.60. The van der Waals surface area contributed by atoms with Gasteiger partial charge in [-0.05, 0) is 17.1 Å². The van der Waals surface area contributed by atoms with E-state index in [2.05, 4.69) is 24.9 Å². The lowest BCUT2D eigenvalue weighted by atomic mass is 10.1. The Balaban J connectivity index is 1.74. The molecular weight excluding hydrogens is 272 g/mol. The van der Waals surface area contributed by atoms with Gasteiger partial charge in [-0.15, -0.1) is 0 Å². The molecule has 20 heavy (non-hydrogen) atoms. The Morgan fingerprint density at radius 2 is 2.10 bits per heavy atom. The van der Waals surface area contributed by atoms with E-state index in [1.165, 1.54) is 17.9 Å². The van der Waals surface area contributed by atoms with Gasteiger partial charge in [0.2, 0.25) is 0 Å². The number of rotatable bonds is 5. The molecule has 0 saturated carbocycles. The third kappa shape index (κ3) is 2.62. The molecule has 0 amide bonds. The van der Waals surface area contributed by atoms with Gasteiger partial charge in [-0.2, -0.15) is 9.47 Å². The van der Waals surface area contributed by atoms with Crippen LogP contribution in [-0.4, -0.2) is 26.1 Å². The number of nitrogens with zero attached hydrogens (tertiary/aromatic N) is 3. The van der Waals surface area contributed by atoms with Crippen LogP contribution in [0.25, 0.3) is 11.1 Å². The fourth-order valence-electron chi connectivity index (χ4n) is 1.95. The average Bonchev–Trinajstić information content (AvgIpc) is 3.10. The minimum atomic E-state index is 0.559. The number of aromatic nitrogens is 4. The molecule has 3 rings (SSSR count). The first kappa shape index (κ1) is 12.6. The van der Waals surface area contributed by atoms with Crippen molar-refractivity contribution in [3.8, 4) is 11.1 Å². The highest BCUT2D eigenvalue weighted by Crippen LogP contribution is 2.36. The van der Waals surface area contributed by atoms with Crippen LogP contribution in [0.2, 0.25) is 0 Å². The number of nitrogens with two attached hydrogens (primary N) is 1. The van der Waals surface area contributed by atoms with Crippen molar-refractivity contribution in [2.75, 3.05) is 17.6 Å². The molecule has 4 N–H and O–H groups in total. The zero-order valence-corrected chi connectivity index (χ0v) is 11.5. The van der Waals surface area contributed by atoms with E-state index in [1.54, 1.807) is 0 Å². The van der Waals surface area contributed by atoms with Crippen LogP contribution in [0.1, 0.15) is 5.82 Å².